The maximum absolute atomic E-state index is 12.9. The van der Waals surface area contributed by atoms with Crippen molar-refractivity contribution in [3.05, 3.63) is 111 Å². The number of Topliss-reactive ketones (excluding diaryl/α,β-unsaturated/α-hetero) is 1. The molecule has 2 N–H and O–H groups in total. The molecule has 158 valence electrons. The number of carbonyl (C=O) groups excluding carboxylic acids is 1. The molecule has 10 radical (unpaired) electrons. The van der Waals surface area contributed by atoms with E-state index in [0.29, 0.717) is 6.42 Å². The van der Waals surface area contributed by atoms with Gasteiger partial charge in [0.2, 0.25) is 0 Å². The van der Waals surface area contributed by atoms with E-state index in [1.807, 2.05) is 57.1 Å². The second-order valence-electron chi connectivity index (χ2n) is 8.74. The Labute approximate surface area is 198 Å². The van der Waals surface area contributed by atoms with Gasteiger partial charge < -0.3 is 10.4 Å². The van der Waals surface area contributed by atoms with Gasteiger partial charge in [-0.05, 0) is 105 Å². The normalized spacial score (nSPS) is 25.0. The van der Waals surface area contributed by atoms with Crippen LogP contribution < -0.4 is 5.32 Å². The zero-order valence-corrected chi connectivity index (χ0v) is 18.9. The van der Waals surface area contributed by atoms with E-state index in [2.05, 4.69) is 38.1 Å². The molecular weight excluding hydrogens is 426 g/mol. The Morgan fingerprint density at radius 1 is 0.903 bits per heavy atom. The summed E-state index contributed by atoms with van der Waals surface area (Å²) in [6.45, 7) is 4.29. The van der Waals surface area contributed by atoms with Gasteiger partial charge in [-0.3, -0.25) is 4.79 Å². The number of rotatable bonds is 2. The number of aromatic hydroxyl groups is 1. The molecule has 4 aliphatic rings. The van der Waals surface area contributed by atoms with Gasteiger partial charge in [0.1, 0.15) is 5.75 Å². The van der Waals surface area contributed by atoms with Gasteiger partial charge in [0.15, 0.2) is 5.78 Å². The molecule has 0 spiro atoms. The summed E-state index contributed by atoms with van der Waals surface area (Å²) in [5.41, 5.74) is 3.93. The summed E-state index contributed by atoms with van der Waals surface area (Å²) in [6, 6.07) is 7.18. The van der Waals surface area contributed by atoms with E-state index in [1.165, 1.54) is 0 Å². The summed E-state index contributed by atoms with van der Waals surface area (Å²) in [7, 11) is 0. The van der Waals surface area contributed by atoms with Gasteiger partial charge >= 0.3 is 17.1 Å². The van der Waals surface area contributed by atoms with E-state index in [0.717, 1.165) is 34.9 Å². The molecule has 5 rings (SSSR count). The molecule has 0 amide bonds. The predicted molar refractivity (Wildman–Crippen MR) is 120 cm³/mol. The number of phenolic OH excluding ortho intramolecular Hbond substituents is 1. The van der Waals surface area contributed by atoms with Crippen molar-refractivity contribution in [2.75, 3.05) is 0 Å². The average molecular weight is 453 g/mol. The summed E-state index contributed by atoms with van der Waals surface area (Å²) in [5.74, 6) is 1.63. The molecule has 3 aliphatic carbocycles. The van der Waals surface area contributed by atoms with Crippen LogP contribution in [0.25, 0.3) is 5.70 Å². The molecule has 0 aromatic heterocycles. The van der Waals surface area contributed by atoms with E-state index >= 15 is 0 Å². The number of phenols is 1. The van der Waals surface area contributed by atoms with Crippen LogP contribution in [0.2, 0.25) is 0 Å². The largest absolute Gasteiger partial charge is 2.00 e. The van der Waals surface area contributed by atoms with E-state index in [1.54, 1.807) is 12.1 Å². The van der Waals surface area contributed by atoms with Crippen molar-refractivity contribution >= 4 is 11.5 Å². The predicted octanol–water partition coefficient (Wildman–Crippen LogP) is 5.02. The number of dihydropyridines is 1. The monoisotopic (exact) mass is 453 g/mol. The molecule has 1 unspecified atom stereocenters. The Bertz CT molecular complexity index is 820. The number of hydrogen-bond donors (Lipinski definition) is 2. The topological polar surface area (TPSA) is 49.3 Å². The van der Waals surface area contributed by atoms with Gasteiger partial charge in [-0.2, -0.15) is 0 Å². The minimum Gasteiger partial charge on any atom is -0.508 e. The fourth-order valence-electron chi connectivity index (χ4n) is 4.25. The fourth-order valence-corrected chi connectivity index (χ4v) is 4.25. The summed E-state index contributed by atoms with van der Waals surface area (Å²) in [5, 5.41) is 13.1. The van der Waals surface area contributed by atoms with Crippen LogP contribution in [0.15, 0.2) is 41.6 Å². The fraction of sp³-hybridized carbons (Fsp3) is 0.222. The number of nitrogens with one attached hydrogen (secondary N) is 1. The molecule has 1 heterocycles. The average Bonchev–Trinajstić information content (AvgIpc) is 3.43. The maximum Gasteiger partial charge on any atom is 2.00 e. The molecule has 2 saturated carbocycles. The Morgan fingerprint density at radius 2 is 1.48 bits per heavy atom. The first-order chi connectivity index (χ1) is 14.4. The standard InChI is InChI=1S/C22H22NO2.C5H5.Fe/c1-22(2)12-19-21(20(25)13-22)17(14-5-3-4-6-14)11-18(23-19)15-7-9-16(24)10-8-15;1-2-4-5-3-1;/h3-11,17,23-24H,12-13H2,1-2H3;1-5H;/q;;+2. The summed E-state index contributed by atoms with van der Waals surface area (Å²) in [4.78, 5) is 12.9. The quantitative estimate of drug-likeness (QED) is 0.619. The molecule has 2 fully saturated rings. The van der Waals surface area contributed by atoms with Crippen LogP contribution >= 0.6 is 0 Å². The second-order valence-corrected chi connectivity index (χ2v) is 8.74. The van der Waals surface area contributed by atoms with Gasteiger partial charge in [0.05, 0.1) is 0 Å². The first-order valence-electron chi connectivity index (χ1n) is 10.4. The van der Waals surface area contributed by atoms with Crippen molar-refractivity contribution in [2.45, 2.75) is 26.7 Å². The minimum atomic E-state index is -0.0309. The second kappa shape index (κ2) is 10.4. The van der Waals surface area contributed by atoms with Crippen molar-refractivity contribution in [3.8, 4) is 5.75 Å². The van der Waals surface area contributed by atoms with E-state index in [4.69, 9.17) is 0 Å². The SMILES string of the molecule is CC1(C)CC(=O)C2=C(C1)NC(c1ccc(O)cc1)=CC2[C]1[CH][CH][CH][CH]1.[CH]1[CH][CH][CH][CH]1.[Fe+2]. The van der Waals surface area contributed by atoms with Gasteiger partial charge in [-0.15, -0.1) is 0 Å². The van der Waals surface area contributed by atoms with Crippen molar-refractivity contribution < 1.29 is 27.0 Å². The Hall–Kier alpha value is -1.51. The molecule has 0 bridgehead atoms. The summed E-state index contributed by atoms with van der Waals surface area (Å²) in [6.07, 6.45) is 21.8. The van der Waals surface area contributed by atoms with Crippen molar-refractivity contribution in [3.63, 3.8) is 0 Å². The van der Waals surface area contributed by atoms with Gasteiger partial charge in [0, 0.05) is 29.3 Å². The number of allylic oxidation sites excluding steroid dienone is 3. The Balaban J connectivity index is 0.000000401. The third kappa shape index (κ3) is 5.84. The van der Waals surface area contributed by atoms with E-state index in [-0.39, 0.29) is 39.9 Å². The van der Waals surface area contributed by atoms with E-state index < -0.39 is 0 Å². The van der Waals surface area contributed by atoms with Crippen LogP contribution in [0.3, 0.4) is 0 Å². The molecule has 0 saturated heterocycles. The van der Waals surface area contributed by atoms with Crippen molar-refractivity contribution in [1.29, 1.82) is 0 Å². The van der Waals surface area contributed by atoms with Crippen LogP contribution in [0.4, 0.5) is 0 Å². The number of hydrogen-bond acceptors (Lipinski definition) is 3. The first kappa shape index (κ1) is 24.1. The summed E-state index contributed by atoms with van der Waals surface area (Å²) >= 11 is 0. The molecule has 1 aliphatic heterocycles. The van der Waals surface area contributed by atoms with Crippen molar-refractivity contribution in [1.82, 2.24) is 5.32 Å². The first-order valence-corrected chi connectivity index (χ1v) is 10.4. The van der Waals surface area contributed by atoms with Crippen LogP contribution in [-0.2, 0) is 21.9 Å². The molecule has 4 heteroatoms. The molecular formula is C27H27FeNO2+2. The molecule has 1 aromatic rings. The van der Waals surface area contributed by atoms with Gasteiger partial charge in [-0.25, -0.2) is 0 Å². The summed E-state index contributed by atoms with van der Waals surface area (Å²) < 4.78 is 0. The van der Waals surface area contributed by atoms with Crippen LogP contribution in [0, 0.1) is 75.0 Å². The maximum atomic E-state index is 12.9. The third-order valence-electron chi connectivity index (χ3n) is 5.63. The molecule has 3 nitrogen and oxygen atoms in total. The Kier molecular flexibility index (Phi) is 8.10. The molecule has 31 heavy (non-hydrogen) atoms. The van der Waals surface area contributed by atoms with E-state index in [9.17, 15) is 9.90 Å². The zero-order chi connectivity index (χ0) is 21.1. The van der Waals surface area contributed by atoms with Crippen LogP contribution in [-0.4, -0.2) is 10.9 Å². The Morgan fingerprint density at radius 3 is 2.06 bits per heavy atom. The molecule has 1 aromatic carbocycles. The van der Waals surface area contributed by atoms with Crippen LogP contribution in [0.1, 0.15) is 32.3 Å². The van der Waals surface area contributed by atoms with Crippen molar-refractivity contribution in [2.24, 2.45) is 11.3 Å². The zero-order valence-electron chi connectivity index (χ0n) is 17.8. The van der Waals surface area contributed by atoms with Gasteiger partial charge in [-0.1, -0.05) is 19.9 Å². The number of carbonyl (C=O) groups is 1. The van der Waals surface area contributed by atoms with Gasteiger partial charge in [0.25, 0.3) is 0 Å². The smallest absolute Gasteiger partial charge is 0.508 e. The third-order valence-corrected chi connectivity index (χ3v) is 5.63. The number of benzene rings is 1. The minimum absolute atomic E-state index is 0. The number of ketones is 1. The molecule has 1 atom stereocenters. The van der Waals surface area contributed by atoms with Crippen LogP contribution in [0.5, 0.6) is 5.75 Å².